The molecule has 0 saturated carbocycles. The normalized spacial score (nSPS) is 11.5. The molecule has 0 aliphatic rings. The summed E-state index contributed by atoms with van der Waals surface area (Å²) >= 11 is 0. The van der Waals surface area contributed by atoms with Crippen molar-refractivity contribution in [3.63, 3.8) is 0 Å². The highest BCUT2D eigenvalue weighted by molar-refractivity contribution is 5.93. The van der Waals surface area contributed by atoms with E-state index in [-0.39, 0.29) is 24.9 Å². The van der Waals surface area contributed by atoms with E-state index in [2.05, 4.69) is 10.6 Å². The van der Waals surface area contributed by atoms with Crippen LogP contribution in [-0.4, -0.2) is 45.2 Å². The Morgan fingerprint density at radius 2 is 1.53 bits per heavy atom. The maximum absolute atomic E-state index is 12.4. The van der Waals surface area contributed by atoms with Gasteiger partial charge in [-0.3, -0.25) is 9.59 Å². The summed E-state index contributed by atoms with van der Waals surface area (Å²) in [6.45, 7) is 9.16. The van der Waals surface area contributed by atoms with Crippen molar-refractivity contribution >= 4 is 23.2 Å². The molecule has 2 aromatic rings. The quantitative estimate of drug-likeness (QED) is 0.557. The van der Waals surface area contributed by atoms with Crippen LogP contribution < -0.4 is 25.0 Å². The summed E-state index contributed by atoms with van der Waals surface area (Å²) < 4.78 is 11.1. The zero-order valence-electron chi connectivity index (χ0n) is 18.4. The Hall–Kier alpha value is -3.06. The van der Waals surface area contributed by atoms with Gasteiger partial charge in [0.25, 0.3) is 11.8 Å². The zero-order valence-corrected chi connectivity index (χ0v) is 18.4. The van der Waals surface area contributed by atoms with E-state index in [0.29, 0.717) is 30.4 Å². The minimum absolute atomic E-state index is 0.131. The number of benzene rings is 2. The Bertz CT molecular complexity index is 883. The number of hydrogen-bond acceptors (Lipinski definition) is 4. The third-order valence-corrected chi connectivity index (χ3v) is 4.63. The molecule has 0 bridgehead atoms. The first-order valence-corrected chi connectivity index (χ1v) is 10.2. The summed E-state index contributed by atoms with van der Waals surface area (Å²) in [6.07, 6.45) is 0. The van der Waals surface area contributed by atoms with Crippen LogP contribution in [-0.2, 0) is 9.59 Å². The summed E-state index contributed by atoms with van der Waals surface area (Å²) in [7, 11) is 1.81. The monoisotopic (exact) mass is 414 g/mol. The molecule has 0 fully saturated rings. The summed E-state index contributed by atoms with van der Waals surface area (Å²) in [5.74, 6) is 0.918. The molecule has 0 heterocycles. The van der Waals surface area contributed by atoms with Gasteiger partial charge in [-0.15, -0.1) is 0 Å². The molecular formula is C23H32N3O4+. The van der Waals surface area contributed by atoms with E-state index < -0.39 is 0 Å². The maximum Gasteiger partial charge on any atom is 0.279 e. The van der Waals surface area contributed by atoms with Crippen molar-refractivity contribution in [2.45, 2.75) is 27.7 Å². The van der Waals surface area contributed by atoms with Crippen LogP contribution in [0.2, 0.25) is 0 Å². The second-order valence-electron chi connectivity index (χ2n) is 7.18. The predicted octanol–water partition coefficient (Wildman–Crippen LogP) is 2.19. The van der Waals surface area contributed by atoms with Crippen LogP contribution in [0.3, 0.4) is 0 Å². The number of amides is 2. The van der Waals surface area contributed by atoms with Crippen LogP contribution in [0.4, 0.5) is 11.4 Å². The van der Waals surface area contributed by atoms with E-state index >= 15 is 0 Å². The first-order valence-electron chi connectivity index (χ1n) is 10.2. The first-order chi connectivity index (χ1) is 14.3. The molecule has 162 valence electrons. The number of hydrogen-bond donors (Lipinski definition) is 3. The molecular weight excluding hydrogens is 382 g/mol. The lowest BCUT2D eigenvalue weighted by molar-refractivity contribution is -0.862. The average molecular weight is 415 g/mol. The fourth-order valence-corrected chi connectivity index (χ4v) is 3.03. The SMILES string of the molecule is CCOc1ccc(NC(=O)C[NH+](C)CC(=O)Nc2cccc(C)c2C)cc1OCC. The minimum atomic E-state index is -0.182. The number of ether oxygens (including phenoxy) is 2. The van der Waals surface area contributed by atoms with Gasteiger partial charge < -0.3 is 25.0 Å². The highest BCUT2D eigenvalue weighted by atomic mass is 16.5. The lowest BCUT2D eigenvalue weighted by atomic mass is 10.1. The van der Waals surface area contributed by atoms with E-state index in [1.54, 1.807) is 18.2 Å². The zero-order chi connectivity index (χ0) is 22.1. The number of nitrogens with one attached hydrogen (secondary N) is 3. The second kappa shape index (κ2) is 11.2. The average Bonchev–Trinajstić information content (AvgIpc) is 2.67. The molecule has 7 nitrogen and oxygen atoms in total. The highest BCUT2D eigenvalue weighted by Crippen LogP contribution is 2.30. The number of aryl methyl sites for hydroxylation is 1. The van der Waals surface area contributed by atoms with Gasteiger partial charge in [0.15, 0.2) is 24.6 Å². The molecule has 2 amide bonds. The van der Waals surface area contributed by atoms with Gasteiger partial charge in [-0.05, 0) is 57.0 Å². The first kappa shape index (κ1) is 23.2. The number of carbonyl (C=O) groups is 2. The number of quaternary nitrogens is 1. The topological polar surface area (TPSA) is 81.1 Å². The van der Waals surface area contributed by atoms with Crippen molar-refractivity contribution in [2.75, 3.05) is 44.0 Å². The molecule has 0 radical (unpaired) electrons. The Morgan fingerprint density at radius 1 is 0.900 bits per heavy atom. The molecule has 0 aromatic heterocycles. The van der Waals surface area contributed by atoms with Crippen molar-refractivity contribution in [3.8, 4) is 11.5 Å². The van der Waals surface area contributed by atoms with Crippen molar-refractivity contribution in [1.82, 2.24) is 0 Å². The van der Waals surface area contributed by atoms with Gasteiger partial charge in [0, 0.05) is 17.4 Å². The van der Waals surface area contributed by atoms with E-state index in [1.165, 1.54) is 0 Å². The van der Waals surface area contributed by atoms with Gasteiger partial charge in [0.1, 0.15) is 0 Å². The molecule has 3 N–H and O–H groups in total. The van der Waals surface area contributed by atoms with E-state index in [1.807, 2.05) is 52.9 Å². The predicted molar refractivity (Wildman–Crippen MR) is 119 cm³/mol. The standard InChI is InChI=1S/C23H31N3O4/c1-6-29-20-12-11-18(13-21(20)30-7-2)24-22(27)14-26(5)15-23(28)25-19-10-8-9-16(3)17(19)4/h8-13H,6-7,14-15H2,1-5H3,(H,24,27)(H,25,28)/p+1. The fraction of sp³-hybridized carbons (Fsp3) is 0.391. The number of likely N-dealkylation sites (N-methyl/N-ethyl adjacent to an activating group) is 1. The summed E-state index contributed by atoms with van der Waals surface area (Å²) in [6, 6.07) is 11.1. The third-order valence-electron chi connectivity index (χ3n) is 4.63. The highest BCUT2D eigenvalue weighted by Gasteiger charge is 2.16. The number of anilines is 2. The fourth-order valence-electron chi connectivity index (χ4n) is 3.03. The van der Waals surface area contributed by atoms with Crippen molar-refractivity contribution in [2.24, 2.45) is 0 Å². The van der Waals surface area contributed by atoms with Gasteiger partial charge in [0.05, 0.1) is 20.3 Å². The van der Waals surface area contributed by atoms with Crippen LogP contribution in [0.1, 0.15) is 25.0 Å². The molecule has 1 unspecified atom stereocenters. The van der Waals surface area contributed by atoms with Crippen LogP contribution in [0.25, 0.3) is 0 Å². The molecule has 2 rings (SSSR count). The third kappa shape index (κ3) is 6.77. The van der Waals surface area contributed by atoms with E-state index in [0.717, 1.165) is 21.7 Å². The van der Waals surface area contributed by atoms with E-state index in [4.69, 9.17) is 9.47 Å². The Balaban J connectivity index is 1.90. The van der Waals surface area contributed by atoms with Gasteiger partial charge in [-0.1, -0.05) is 12.1 Å². The summed E-state index contributed by atoms with van der Waals surface area (Å²) in [5.41, 5.74) is 3.59. The minimum Gasteiger partial charge on any atom is -0.490 e. The molecule has 0 aliphatic carbocycles. The number of rotatable bonds is 10. The smallest absolute Gasteiger partial charge is 0.279 e. The van der Waals surface area contributed by atoms with Crippen molar-refractivity contribution in [3.05, 3.63) is 47.5 Å². The van der Waals surface area contributed by atoms with Gasteiger partial charge in [-0.2, -0.15) is 0 Å². The molecule has 0 spiro atoms. The Morgan fingerprint density at radius 3 is 2.20 bits per heavy atom. The van der Waals surface area contributed by atoms with Crippen molar-refractivity contribution < 1.29 is 24.0 Å². The van der Waals surface area contributed by atoms with Crippen molar-refractivity contribution in [1.29, 1.82) is 0 Å². The molecule has 0 saturated heterocycles. The Labute approximate surface area is 178 Å². The van der Waals surface area contributed by atoms with Crippen LogP contribution in [0.15, 0.2) is 36.4 Å². The molecule has 30 heavy (non-hydrogen) atoms. The lowest BCUT2D eigenvalue weighted by Gasteiger charge is -2.16. The summed E-state index contributed by atoms with van der Waals surface area (Å²) in [5, 5.41) is 5.78. The van der Waals surface area contributed by atoms with Crippen LogP contribution >= 0.6 is 0 Å². The van der Waals surface area contributed by atoms with Crippen LogP contribution in [0.5, 0.6) is 11.5 Å². The molecule has 7 heteroatoms. The molecule has 0 aliphatic heterocycles. The van der Waals surface area contributed by atoms with Gasteiger partial charge >= 0.3 is 0 Å². The number of carbonyl (C=O) groups excluding carboxylic acids is 2. The van der Waals surface area contributed by atoms with Crippen LogP contribution in [0, 0.1) is 13.8 Å². The Kier molecular flexibility index (Phi) is 8.68. The largest absolute Gasteiger partial charge is 0.490 e. The van der Waals surface area contributed by atoms with Gasteiger partial charge in [-0.25, -0.2) is 0 Å². The maximum atomic E-state index is 12.4. The van der Waals surface area contributed by atoms with Gasteiger partial charge in [0.2, 0.25) is 0 Å². The molecule has 1 atom stereocenters. The van der Waals surface area contributed by atoms with E-state index in [9.17, 15) is 9.59 Å². The lowest BCUT2D eigenvalue weighted by Crippen LogP contribution is -3.11. The molecule has 2 aromatic carbocycles. The summed E-state index contributed by atoms with van der Waals surface area (Å²) in [4.78, 5) is 25.5. The second-order valence-corrected chi connectivity index (χ2v) is 7.18.